The summed E-state index contributed by atoms with van der Waals surface area (Å²) in [5.74, 6) is -0.319. The van der Waals surface area contributed by atoms with Crippen molar-refractivity contribution in [2.45, 2.75) is 40.2 Å². The van der Waals surface area contributed by atoms with Gasteiger partial charge >= 0.3 is 0 Å². The highest BCUT2D eigenvalue weighted by atomic mass is 16.2. The maximum Gasteiger partial charge on any atom is 0.232 e. The van der Waals surface area contributed by atoms with E-state index in [-0.39, 0.29) is 23.7 Å². The van der Waals surface area contributed by atoms with Crippen molar-refractivity contribution < 1.29 is 9.59 Å². The van der Waals surface area contributed by atoms with Crippen molar-refractivity contribution in [1.29, 1.82) is 0 Å². The zero-order valence-corrected chi connectivity index (χ0v) is 10.6. The van der Waals surface area contributed by atoms with E-state index in [4.69, 9.17) is 0 Å². The summed E-state index contributed by atoms with van der Waals surface area (Å²) >= 11 is 0. The number of rotatable bonds is 5. The summed E-state index contributed by atoms with van der Waals surface area (Å²) < 4.78 is 0. The summed E-state index contributed by atoms with van der Waals surface area (Å²) in [4.78, 5) is 24.9. The van der Waals surface area contributed by atoms with Gasteiger partial charge in [0.1, 0.15) is 0 Å². The molecule has 1 rings (SSSR count). The van der Waals surface area contributed by atoms with Gasteiger partial charge in [-0.3, -0.25) is 14.5 Å². The lowest BCUT2D eigenvalue weighted by Gasteiger charge is -2.15. The van der Waals surface area contributed by atoms with Gasteiger partial charge in [0.25, 0.3) is 0 Å². The van der Waals surface area contributed by atoms with E-state index >= 15 is 0 Å². The van der Waals surface area contributed by atoms with Crippen LogP contribution in [0.15, 0.2) is 0 Å². The van der Waals surface area contributed by atoms with E-state index in [2.05, 4.69) is 19.2 Å². The van der Waals surface area contributed by atoms with Gasteiger partial charge in [-0.05, 0) is 13.0 Å². The molecule has 0 aliphatic carbocycles. The first-order chi connectivity index (χ1) is 7.45. The molecule has 0 spiro atoms. The van der Waals surface area contributed by atoms with Gasteiger partial charge in [0.05, 0.1) is 0 Å². The van der Waals surface area contributed by atoms with Crippen molar-refractivity contribution in [2.75, 3.05) is 13.1 Å². The van der Waals surface area contributed by atoms with Crippen LogP contribution in [0.3, 0.4) is 0 Å². The highest BCUT2D eigenvalue weighted by molar-refractivity contribution is 6.04. The van der Waals surface area contributed by atoms with Crippen LogP contribution in [0.5, 0.6) is 0 Å². The maximum atomic E-state index is 11.7. The Hall–Kier alpha value is -0.900. The number of hydrogen-bond acceptors (Lipinski definition) is 3. The van der Waals surface area contributed by atoms with Gasteiger partial charge in [0, 0.05) is 24.4 Å². The smallest absolute Gasteiger partial charge is 0.232 e. The molecule has 92 valence electrons. The van der Waals surface area contributed by atoms with E-state index in [1.165, 1.54) is 4.90 Å². The number of carbonyl (C=O) groups excluding carboxylic acids is 2. The summed E-state index contributed by atoms with van der Waals surface area (Å²) in [6.07, 6.45) is 0.828. The van der Waals surface area contributed by atoms with E-state index in [9.17, 15) is 9.59 Å². The molecule has 1 N–H and O–H groups in total. The van der Waals surface area contributed by atoms with Crippen LogP contribution in [0.1, 0.15) is 34.1 Å². The number of carbonyl (C=O) groups is 2. The molecular formula is C12H22N2O2. The van der Waals surface area contributed by atoms with E-state index in [0.29, 0.717) is 12.6 Å². The molecule has 0 radical (unpaired) electrons. The lowest BCUT2D eigenvalue weighted by Crippen LogP contribution is -2.34. The predicted molar refractivity (Wildman–Crippen MR) is 62.8 cm³/mol. The third-order valence-electron chi connectivity index (χ3n) is 3.17. The summed E-state index contributed by atoms with van der Waals surface area (Å²) in [5, 5.41) is 3.27. The Morgan fingerprint density at radius 3 is 2.12 bits per heavy atom. The molecule has 1 aliphatic rings. The van der Waals surface area contributed by atoms with Gasteiger partial charge in [-0.2, -0.15) is 0 Å². The number of amides is 2. The fourth-order valence-electron chi connectivity index (χ4n) is 1.88. The monoisotopic (exact) mass is 226 g/mol. The molecule has 4 heteroatoms. The summed E-state index contributed by atoms with van der Waals surface area (Å²) in [5.41, 5.74) is 0. The third kappa shape index (κ3) is 2.82. The van der Waals surface area contributed by atoms with E-state index in [0.717, 1.165) is 13.0 Å². The lowest BCUT2D eigenvalue weighted by atomic mass is 10.00. The van der Waals surface area contributed by atoms with Gasteiger partial charge in [0.2, 0.25) is 11.8 Å². The van der Waals surface area contributed by atoms with Crippen molar-refractivity contribution in [3.8, 4) is 0 Å². The molecule has 1 heterocycles. The van der Waals surface area contributed by atoms with Gasteiger partial charge in [-0.15, -0.1) is 0 Å². The Morgan fingerprint density at radius 1 is 1.19 bits per heavy atom. The number of hydrogen-bond donors (Lipinski definition) is 1. The molecule has 0 bridgehead atoms. The molecule has 0 aromatic rings. The van der Waals surface area contributed by atoms with E-state index < -0.39 is 0 Å². The average molecular weight is 226 g/mol. The standard InChI is InChI=1S/C12H22N2O2/c1-8(2)13-6-5-7-14-11(15)9(3)10(4)12(14)16/h8-10,13H,5-7H2,1-4H3. The Kier molecular flexibility index (Phi) is 4.47. The predicted octanol–water partition coefficient (Wildman–Crippen LogP) is 1.02. The second-order valence-electron chi connectivity index (χ2n) is 4.87. The van der Waals surface area contributed by atoms with Crippen LogP contribution >= 0.6 is 0 Å². The molecule has 2 unspecified atom stereocenters. The fraction of sp³-hybridized carbons (Fsp3) is 0.833. The number of nitrogens with one attached hydrogen (secondary N) is 1. The fourth-order valence-corrected chi connectivity index (χ4v) is 1.88. The number of imide groups is 1. The van der Waals surface area contributed by atoms with Crippen LogP contribution in [-0.2, 0) is 9.59 Å². The third-order valence-corrected chi connectivity index (χ3v) is 3.17. The van der Waals surface area contributed by atoms with Crippen LogP contribution in [0.4, 0.5) is 0 Å². The SMILES string of the molecule is CC(C)NCCCN1C(=O)C(C)C(C)C1=O. The van der Waals surface area contributed by atoms with Crippen molar-refractivity contribution in [3.63, 3.8) is 0 Å². The van der Waals surface area contributed by atoms with Gasteiger partial charge in [-0.25, -0.2) is 0 Å². The zero-order chi connectivity index (χ0) is 12.3. The maximum absolute atomic E-state index is 11.7. The molecule has 0 aromatic heterocycles. The molecule has 1 fully saturated rings. The number of likely N-dealkylation sites (tertiary alicyclic amines) is 1. The molecule has 2 amide bonds. The minimum absolute atomic E-state index is 0.0120. The molecule has 1 aliphatic heterocycles. The molecular weight excluding hydrogens is 204 g/mol. The summed E-state index contributed by atoms with van der Waals surface area (Å²) in [6.45, 7) is 9.21. The topological polar surface area (TPSA) is 49.4 Å². The normalized spacial score (nSPS) is 25.9. The number of nitrogens with zero attached hydrogens (tertiary/aromatic N) is 1. The van der Waals surface area contributed by atoms with Crippen molar-refractivity contribution in [1.82, 2.24) is 10.2 Å². The highest BCUT2D eigenvalue weighted by Crippen LogP contribution is 2.25. The molecule has 1 saturated heterocycles. The van der Waals surface area contributed by atoms with Crippen LogP contribution in [0.25, 0.3) is 0 Å². The zero-order valence-electron chi connectivity index (χ0n) is 10.6. The molecule has 0 aromatic carbocycles. The highest BCUT2D eigenvalue weighted by Gasteiger charge is 2.41. The van der Waals surface area contributed by atoms with Gasteiger partial charge in [-0.1, -0.05) is 27.7 Å². The van der Waals surface area contributed by atoms with Crippen LogP contribution < -0.4 is 5.32 Å². The summed E-state index contributed by atoms with van der Waals surface area (Å²) in [6, 6.07) is 0.447. The lowest BCUT2D eigenvalue weighted by molar-refractivity contribution is -0.139. The molecule has 4 nitrogen and oxygen atoms in total. The Bertz CT molecular complexity index is 256. The Labute approximate surface area is 97.4 Å². The first kappa shape index (κ1) is 13.2. The Morgan fingerprint density at radius 2 is 1.69 bits per heavy atom. The minimum Gasteiger partial charge on any atom is -0.314 e. The van der Waals surface area contributed by atoms with Crippen molar-refractivity contribution >= 4 is 11.8 Å². The first-order valence-electron chi connectivity index (χ1n) is 6.03. The minimum atomic E-state index is -0.148. The van der Waals surface area contributed by atoms with Crippen molar-refractivity contribution in [2.24, 2.45) is 11.8 Å². The van der Waals surface area contributed by atoms with Crippen LogP contribution in [0, 0.1) is 11.8 Å². The summed E-state index contributed by atoms with van der Waals surface area (Å²) in [7, 11) is 0. The quantitative estimate of drug-likeness (QED) is 0.562. The van der Waals surface area contributed by atoms with Crippen LogP contribution in [0.2, 0.25) is 0 Å². The van der Waals surface area contributed by atoms with Gasteiger partial charge in [0.15, 0.2) is 0 Å². The largest absolute Gasteiger partial charge is 0.314 e. The van der Waals surface area contributed by atoms with Crippen LogP contribution in [-0.4, -0.2) is 35.8 Å². The Balaban J connectivity index is 2.37. The molecule has 16 heavy (non-hydrogen) atoms. The van der Waals surface area contributed by atoms with Crippen molar-refractivity contribution in [3.05, 3.63) is 0 Å². The average Bonchev–Trinajstić information content (AvgIpc) is 2.40. The van der Waals surface area contributed by atoms with Gasteiger partial charge < -0.3 is 5.32 Å². The second kappa shape index (κ2) is 5.43. The first-order valence-corrected chi connectivity index (χ1v) is 6.03. The second-order valence-corrected chi connectivity index (χ2v) is 4.87. The van der Waals surface area contributed by atoms with E-state index in [1.54, 1.807) is 0 Å². The van der Waals surface area contributed by atoms with E-state index in [1.807, 2.05) is 13.8 Å². The molecule has 0 saturated carbocycles. The molecule has 2 atom stereocenters.